The van der Waals surface area contributed by atoms with E-state index < -0.39 is 0 Å². The van der Waals surface area contributed by atoms with Crippen LogP contribution in [0.1, 0.15) is 52.7 Å². The van der Waals surface area contributed by atoms with E-state index in [0.717, 1.165) is 24.3 Å². The Labute approximate surface area is 164 Å². The van der Waals surface area contributed by atoms with Crippen LogP contribution in [0, 0.1) is 0 Å². The molecule has 0 amide bonds. The zero-order chi connectivity index (χ0) is 19.9. The highest BCUT2D eigenvalue weighted by molar-refractivity contribution is 5.30. The van der Waals surface area contributed by atoms with Gasteiger partial charge in [-0.2, -0.15) is 0 Å². The maximum absolute atomic E-state index is 6.55. The Hall–Kier alpha value is -2.00. The van der Waals surface area contributed by atoms with Crippen molar-refractivity contribution in [2.45, 2.75) is 65.6 Å². The summed E-state index contributed by atoms with van der Waals surface area (Å²) in [4.78, 5) is 0. The number of hydrogen-bond acceptors (Lipinski definition) is 3. The van der Waals surface area contributed by atoms with Crippen LogP contribution in [0.5, 0.6) is 11.5 Å². The number of rotatable bonds is 10. The van der Waals surface area contributed by atoms with Gasteiger partial charge < -0.3 is 14.2 Å². The molecule has 0 bridgehead atoms. The summed E-state index contributed by atoms with van der Waals surface area (Å²) in [5.41, 5.74) is 1.87. The van der Waals surface area contributed by atoms with Crippen molar-refractivity contribution in [3.63, 3.8) is 0 Å². The predicted octanol–water partition coefficient (Wildman–Crippen LogP) is 5.84. The number of ether oxygens (including phenoxy) is 3. The van der Waals surface area contributed by atoms with Gasteiger partial charge in [-0.1, -0.05) is 24.3 Å². The van der Waals surface area contributed by atoms with Crippen molar-refractivity contribution < 1.29 is 14.2 Å². The second-order valence-corrected chi connectivity index (χ2v) is 8.14. The fourth-order valence-electron chi connectivity index (χ4n) is 3.63. The van der Waals surface area contributed by atoms with Gasteiger partial charge in [-0.05, 0) is 76.9 Å². The average molecular weight is 371 g/mol. The van der Waals surface area contributed by atoms with Crippen molar-refractivity contribution in [2.75, 3.05) is 13.2 Å². The third-order valence-corrected chi connectivity index (χ3v) is 4.23. The maximum Gasteiger partial charge on any atom is 0.119 e. The largest absolute Gasteiger partial charge is 0.494 e. The Morgan fingerprint density at radius 2 is 1.07 bits per heavy atom. The van der Waals surface area contributed by atoms with Crippen LogP contribution >= 0.6 is 0 Å². The van der Waals surface area contributed by atoms with Gasteiger partial charge in [0.2, 0.25) is 0 Å². The van der Waals surface area contributed by atoms with E-state index in [1.54, 1.807) is 0 Å². The van der Waals surface area contributed by atoms with Crippen molar-refractivity contribution in [1.82, 2.24) is 0 Å². The number of benzene rings is 2. The Balaban J connectivity index is 2.04. The zero-order valence-electron chi connectivity index (χ0n) is 17.7. The maximum atomic E-state index is 6.55. The second-order valence-electron chi connectivity index (χ2n) is 8.14. The minimum absolute atomic E-state index is 0.286. The summed E-state index contributed by atoms with van der Waals surface area (Å²) >= 11 is 0. The first-order chi connectivity index (χ1) is 12.7. The molecule has 0 saturated heterocycles. The molecule has 0 aromatic heterocycles. The van der Waals surface area contributed by atoms with E-state index in [-0.39, 0.29) is 11.2 Å². The first kappa shape index (κ1) is 21.3. The standard InChI is InChI=1S/C24H34O3/c1-7-25-21-13-9-11-19(15-21)17-23(3,4)27-24(5,6)18-20-12-10-14-22(16-20)26-8-2/h9-16H,7-8,17-18H2,1-6H3. The molecule has 0 aliphatic carbocycles. The molecule has 3 nitrogen and oxygen atoms in total. The van der Waals surface area contributed by atoms with Gasteiger partial charge in [-0.3, -0.25) is 0 Å². The van der Waals surface area contributed by atoms with Gasteiger partial charge in [0.1, 0.15) is 11.5 Å². The summed E-state index contributed by atoms with van der Waals surface area (Å²) < 4.78 is 17.8. The summed E-state index contributed by atoms with van der Waals surface area (Å²) in [6, 6.07) is 16.5. The van der Waals surface area contributed by atoms with Crippen molar-refractivity contribution in [2.24, 2.45) is 0 Å². The summed E-state index contributed by atoms with van der Waals surface area (Å²) in [5, 5.41) is 0. The summed E-state index contributed by atoms with van der Waals surface area (Å²) in [6.07, 6.45) is 1.66. The van der Waals surface area contributed by atoms with Gasteiger partial charge in [0.05, 0.1) is 24.4 Å². The molecule has 3 heteroatoms. The second kappa shape index (κ2) is 9.27. The van der Waals surface area contributed by atoms with Gasteiger partial charge in [-0.15, -0.1) is 0 Å². The summed E-state index contributed by atoms with van der Waals surface area (Å²) in [7, 11) is 0. The smallest absolute Gasteiger partial charge is 0.119 e. The van der Waals surface area contributed by atoms with Crippen LogP contribution in [-0.4, -0.2) is 24.4 Å². The van der Waals surface area contributed by atoms with E-state index in [0.29, 0.717) is 13.2 Å². The molecule has 0 saturated carbocycles. The molecule has 148 valence electrons. The lowest BCUT2D eigenvalue weighted by Gasteiger charge is -2.36. The van der Waals surface area contributed by atoms with Crippen LogP contribution in [-0.2, 0) is 17.6 Å². The van der Waals surface area contributed by atoms with Gasteiger partial charge in [0.15, 0.2) is 0 Å². The molecule has 0 N–H and O–H groups in total. The Morgan fingerprint density at radius 1 is 0.667 bits per heavy atom. The van der Waals surface area contributed by atoms with Gasteiger partial charge in [0, 0.05) is 12.8 Å². The minimum Gasteiger partial charge on any atom is -0.494 e. The lowest BCUT2D eigenvalue weighted by atomic mass is 9.93. The van der Waals surface area contributed by atoms with E-state index >= 15 is 0 Å². The molecule has 0 atom stereocenters. The van der Waals surface area contributed by atoms with E-state index in [1.807, 2.05) is 38.1 Å². The third kappa shape index (κ3) is 7.26. The first-order valence-electron chi connectivity index (χ1n) is 9.87. The quantitative estimate of drug-likeness (QED) is 0.525. The zero-order valence-corrected chi connectivity index (χ0v) is 17.7. The van der Waals surface area contributed by atoms with E-state index in [2.05, 4.69) is 52.0 Å². The highest BCUT2D eigenvalue weighted by Gasteiger charge is 2.30. The Kier molecular flexibility index (Phi) is 7.32. The fraction of sp³-hybridized carbons (Fsp3) is 0.500. The molecule has 0 spiro atoms. The van der Waals surface area contributed by atoms with Crippen LogP contribution in [0.25, 0.3) is 0 Å². The predicted molar refractivity (Wildman–Crippen MR) is 112 cm³/mol. The van der Waals surface area contributed by atoms with E-state index in [9.17, 15) is 0 Å². The lowest BCUT2D eigenvalue weighted by Crippen LogP contribution is -2.40. The molecule has 0 radical (unpaired) electrons. The molecule has 2 aromatic carbocycles. The van der Waals surface area contributed by atoms with Crippen LogP contribution < -0.4 is 9.47 Å². The highest BCUT2D eigenvalue weighted by atomic mass is 16.5. The van der Waals surface area contributed by atoms with Crippen LogP contribution in [0.3, 0.4) is 0 Å². The molecular formula is C24H34O3. The molecule has 2 aromatic rings. The topological polar surface area (TPSA) is 27.7 Å². The lowest BCUT2D eigenvalue weighted by molar-refractivity contribution is -0.121. The Bertz CT molecular complexity index is 658. The van der Waals surface area contributed by atoms with Crippen molar-refractivity contribution >= 4 is 0 Å². The highest BCUT2D eigenvalue weighted by Crippen LogP contribution is 2.29. The molecule has 0 aliphatic rings. The van der Waals surface area contributed by atoms with Crippen molar-refractivity contribution in [3.8, 4) is 11.5 Å². The SMILES string of the molecule is CCOc1cccc(CC(C)(C)OC(C)(C)Cc2cccc(OCC)c2)c1. The van der Waals surface area contributed by atoms with Crippen LogP contribution in [0.15, 0.2) is 48.5 Å². The van der Waals surface area contributed by atoms with Gasteiger partial charge >= 0.3 is 0 Å². The molecule has 27 heavy (non-hydrogen) atoms. The average Bonchev–Trinajstić information content (AvgIpc) is 2.54. The molecule has 0 heterocycles. The normalized spacial score (nSPS) is 12.1. The van der Waals surface area contributed by atoms with Gasteiger partial charge in [-0.25, -0.2) is 0 Å². The fourth-order valence-corrected chi connectivity index (χ4v) is 3.63. The molecule has 0 unspecified atom stereocenters. The van der Waals surface area contributed by atoms with Gasteiger partial charge in [0.25, 0.3) is 0 Å². The summed E-state index contributed by atoms with van der Waals surface area (Å²) in [5.74, 6) is 1.83. The molecule has 2 rings (SSSR count). The Morgan fingerprint density at radius 3 is 1.44 bits per heavy atom. The van der Waals surface area contributed by atoms with E-state index in [1.165, 1.54) is 11.1 Å². The summed E-state index contributed by atoms with van der Waals surface area (Å²) in [6.45, 7) is 14.0. The third-order valence-electron chi connectivity index (χ3n) is 4.23. The van der Waals surface area contributed by atoms with Crippen molar-refractivity contribution in [3.05, 3.63) is 59.7 Å². The minimum atomic E-state index is -0.286. The molecule has 0 fully saturated rings. The van der Waals surface area contributed by atoms with Crippen LogP contribution in [0.2, 0.25) is 0 Å². The molecule has 0 aliphatic heterocycles. The first-order valence-corrected chi connectivity index (χ1v) is 9.87. The van der Waals surface area contributed by atoms with E-state index in [4.69, 9.17) is 14.2 Å². The van der Waals surface area contributed by atoms with Crippen molar-refractivity contribution in [1.29, 1.82) is 0 Å². The molecular weight excluding hydrogens is 336 g/mol. The van der Waals surface area contributed by atoms with Crippen LogP contribution in [0.4, 0.5) is 0 Å². The monoisotopic (exact) mass is 370 g/mol. The number of hydrogen-bond donors (Lipinski definition) is 0.